The number of rotatable bonds is 3. The second-order valence-electron chi connectivity index (χ2n) is 2.95. The number of pyridine rings is 1. The molecule has 0 fully saturated rings. The zero-order valence-corrected chi connectivity index (χ0v) is 8.37. The first-order valence-corrected chi connectivity index (χ1v) is 4.63. The molecule has 0 atom stereocenters. The highest BCUT2D eigenvalue weighted by atomic mass is 16.5. The lowest BCUT2D eigenvalue weighted by molar-refractivity contribution is 0.284. The zero-order chi connectivity index (χ0) is 11.2. The van der Waals surface area contributed by atoms with E-state index in [0.717, 1.165) is 0 Å². The van der Waals surface area contributed by atoms with E-state index in [2.05, 4.69) is 15.0 Å². The maximum absolute atomic E-state index is 8.69. The van der Waals surface area contributed by atoms with E-state index in [1.54, 1.807) is 30.6 Å². The van der Waals surface area contributed by atoms with Crippen molar-refractivity contribution in [3.05, 3.63) is 48.2 Å². The van der Waals surface area contributed by atoms with Gasteiger partial charge in [-0.15, -0.1) is 0 Å². The van der Waals surface area contributed by atoms with Crippen LogP contribution in [0.3, 0.4) is 0 Å². The number of hydrogen-bond acceptors (Lipinski definition) is 5. The molecular weight excluding hydrogens is 204 g/mol. The summed E-state index contributed by atoms with van der Waals surface area (Å²) in [6, 6.07) is 6.94. The van der Waals surface area contributed by atoms with Crippen LogP contribution in [0.15, 0.2) is 36.8 Å². The van der Waals surface area contributed by atoms with Gasteiger partial charge in [-0.05, 0) is 12.1 Å². The fourth-order valence-corrected chi connectivity index (χ4v) is 1.10. The van der Waals surface area contributed by atoms with Crippen molar-refractivity contribution in [2.24, 2.45) is 0 Å². The standard InChI is InChI=1S/C11H8N4O/c12-7-9-2-5-15-11(6-9)16-8-10-13-3-1-4-14-10/h1-6H,8H2. The fraction of sp³-hybridized carbons (Fsp3) is 0.0909. The first-order chi connectivity index (χ1) is 7.88. The zero-order valence-electron chi connectivity index (χ0n) is 8.37. The quantitative estimate of drug-likeness (QED) is 0.767. The van der Waals surface area contributed by atoms with Gasteiger partial charge in [0.25, 0.3) is 0 Å². The molecule has 2 heterocycles. The summed E-state index contributed by atoms with van der Waals surface area (Å²) < 4.78 is 5.35. The number of nitrogens with zero attached hydrogens (tertiary/aromatic N) is 4. The van der Waals surface area contributed by atoms with Crippen LogP contribution in [0.1, 0.15) is 11.4 Å². The number of nitriles is 1. The predicted octanol–water partition coefficient (Wildman–Crippen LogP) is 1.32. The summed E-state index contributed by atoms with van der Waals surface area (Å²) in [7, 11) is 0. The number of aromatic nitrogens is 3. The Kier molecular flexibility index (Phi) is 3.04. The first-order valence-electron chi connectivity index (χ1n) is 4.63. The van der Waals surface area contributed by atoms with Gasteiger partial charge < -0.3 is 4.74 Å². The minimum absolute atomic E-state index is 0.239. The Morgan fingerprint density at radius 2 is 2.00 bits per heavy atom. The van der Waals surface area contributed by atoms with Crippen LogP contribution in [0.2, 0.25) is 0 Å². The molecule has 0 saturated carbocycles. The Balaban J connectivity index is 2.03. The molecule has 0 aliphatic carbocycles. The van der Waals surface area contributed by atoms with Crippen LogP contribution in [-0.4, -0.2) is 15.0 Å². The molecule has 16 heavy (non-hydrogen) atoms. The first kappa shape index (κ1) is 10.1. The van der Waals surface area contributed by atoms with Crippen molar-refractivity contribution in [1.82, 2.24) is 15.0 Å². The lowest BCUT2D eigenvalue weighted by atomic mass is 10.3. The lowest BCUT2D eigenvalue weighted by Crippen LogP contribution is -2.01. The van der Waals surface area contributed by atoms with Crippen molar-refractivity contribution in [2.45, 2.75) is 6.61 Å². The summed E-state index contributed by atoms with van der Waals surface area (Å²) in [6.07, 6.45) is 4.81. The molecule has 0 aliphatic rings. The average Bonchev–Trinajstić information content (AvgIpc) is 2.38. The summed E-state index contributed by atoms with van der Waals surface area (Å²) in [5, 5.41) is 8.69. The van der Waals surface area contributed by atoms with Crippen LogP contribution in [0.5, 0.6) is 5.88 Å². The molecule has 0 aromatic carbocycles. The van der Waals surface area contributed by atoms with E-state index < -0.39 is 0 Å². The molecule has 78 valence electrons. The Labute approximate surface area is 92.4 Å². The molecule has 0 amide bonds. The van der Waals surface area contributed by atoms with Gasteiger partial charge in [0.15, 0.2) is 5.82 Å². The van der Waals surface area contributed by atoms with Gasteiger partial charge in [-0.3, -0.25) is 0 Å². The Bertz CT molecular complexity index is 507. The second kappa shape index (κ2) is 4.84. The molecule has 0 unspecified atom stereocenters. The van der Waals surface area contributed by atoms with Gasteiger partial charge in [0, 0.05) is 24.7 Å². The Hall–Kier alpha value is -2.48. The van der Waals surface area contributed by atoms with Gasteiger partial charge in [0.1, 0.15) is 6.61 Å². The smallest absolute Gasteiger partial charge is 0.214 e. The molecule has 0 bridgehead atoms. The summed E-state index contributed by atoms with van der Waals surface area (Å²) in [5.74, 6) is 0.971. The van der Waals surface area contributed by atoms with E-state index in [-0.39, 0.29) is 6.61 Å². The highest BCUT2D eigenvalue weighted by Crippen LogP contribution is 2.09. The van der Waals surface area contributed by atoms with Gasteiger partial charge in [0.2, 0.25) is 5.88 Å². The molecule has 0 radical (unpaired) electrons. The second-order valence-corrected chi connectivity index (χ2v) is 2.95. The van der Waals surface area contributed by atoms with Gasteiger partial charge in [-0.25, -0.2) is 15.0 Å². The highest BCUT2D eigenvalue weighted by Gasteiger charge is 1.99. The van der Waals surface area contributed by atoms with E-state index in [4.69, 9.17) is 10.00 Å². The summed E-state index contributed by atoms with van der Waals surface area (Å²) in [5.41, 5.74) is 0.513. The van der Waals surface area contributed by atoms with E-state index in [1.807, 2.05) is 6.07 Å². The van der Waals surface area contributed by atoms with Crippen LogP contribution < -0.4 is 4.74 Å². The summed E-state index contributed by atoms with van der Waals surface area (Å²) in [6.45, 7) is 0.239. The SMILES string of the molecule is N#Cc1ccnc(OCc2ncccn2)c1. The predicted molar refractivity (Wildman–Crippen MR) is 55.3 cm³/mol. The lowest BCUT2D eigenvalue weighted by Gasteiger charge is -2.03. The third-order valence-electron chi connectivity index (χ3n) is 1.83. The molecule has 0 aliphatic heterocycles. The van der Waals surface area contributed by atoms with Crippen LogP contribution in [0.25, 0.3) is 0 Å². The van der Waals surface area contributed by atoms with Crippen molar-refractivity contribution in [2.75, 3.05) is 0 Å². The Morgan fingerprint density at radius 1 is 1.19 bits per heavy atom. The van der Waals surface area contributed by atoms with Crippen molar-refractivity contribution < 1.29 is 4.74 Å². The minimum atomic E-state index is 0.239. The monoisotopic (exact) mass is 212 g/mol. The van der Waals surface area contributed by atoms with Gasteiger partial charge >= 0.3 is 0 Å². The highest BCUT2D eigenvalue weighted by molar-refractivity contribution is 5.31. The van der Waals surface area contributed by atoms with Crippen molar-refractivity contribution in [3.8, 4) is 11.9 Å². The molecular formula is C11H8N4O. The maximum Gasteiger partial charge on any atom is 0.214 e. The molecule has 0 saturated heterocycles. The molecule has 2 aromatic rings. The summed E-state index contributed by atoms with van der Waals surface area (Å²) >= 11 is 0. The molecule has 0 N–H and O–H groups in total. The normalized spacial score (nSPS) is 9.44. The summed E-state index contributed by atoms with van der Waals surface area (Å²) in [4.78, 5) is 12.0. The topological polar surface area (TPSA) is 71.7 Å². The number of ether oxygens (including phenoxy) is 1. The van der Waals surface area contributed by atoms with E-state index >= 15 is 0 Å². The van der Waals surface area contributed by atoms with Crippen LogP contribution >= 0.6 is 0 Å². The van der Waals surface area contributed by atoms with Gasteiger partial charge in [-0.2, -0.15) is 5.26 Å². The van der Waals surface area contributed by atoms with Crippen molar-refractivity contribution in [3.63, 3.8) is 0 Å². The third kappa shape index (κ3) is 2.51. The van der Waals surface area contributed by atoms with Gasteiger partial charge in [0.05, 0.1) is 11.6 Å². The van der Waals surface area contributed by atoms with Crippen LogP contribution in [-0.2, 0) is 6.61 Å². The third-order valence-corrected chi connectivity index (χ3v) is 1.83. The minimum Gasteiger partial charge on any atom is -0.469 e. The fourth-order valence-electron chi connectivity index (χ4n) is 1.10. The molecule has 2 rings (SSSR count). The van der Waals surface area contributed by atoms with Crippen LogP contribution in [0.4, 0.5) is 0 Å². The average molecular weight is 212 g/mol. The molecule has 0 spiro atoms. The van der Waals surface area contributed by atoms with Crippen molar-refractivity contribution in [1.29, 1.82) is 5.26 Å². The number of hydrogen-bond donors (Lipinski definition) is 0. The molecule has 5 heteroatoms. The van der Waals surface area contributed by atoms with Gasteiger partial charge in [-0.1, -0.05) is 0 Å². The van der Waals surface area contributed by atoms with E-state index in [9.17, 15) is 0 Å². The maximum atomic E-state index is 8.69. The largest absolute Gasteiger partial charge is 0.469 e. The molecule has 2 aromatic heterocycles. The van der Waals surface area contributed by atoms with Crippen molar-refractivity contribution >= 4 is 0 Å². The van der Waals surface area contributed by atoms with E-state index in [1.165, 1.54) is 6.20 Å². The van der Waals surface area contributed by atoms with Crippen LogP contribution in [0, 0.1) is 11.3 Å². The van der Waals surface area contributed by atoms with E-state index in [0.29, 0.717) is 17.3 Å². The Morgan fingerprint density at radius 3 is 2.75 bits per heavy atom. The molecule has 5 nitrogen and oxygen atoms in total.